The van der Waals surface area contributed by atoms with Crippen molar-refractivity contribution in [1.82, 2.24) is 4.90 Å². The van der Waals surface area contributed by atoms with E-state index >= 15 is 0 Å². The van der Waals surface area contributed by atoms with Crippen molar-refractivity contribution in [2.45, 2.75) is 64.7 Å². The third-order valence-corrected chi connectivity index (χ3v) is 7.16. The van der Waals surface area contributed by atoms with Crippen molar-refractivity contribution in [3.63, 3.8) is 0 Å². The minimum Gasteiger partial charge on any atom is -0.299 e. The van der Waals surface area contributed by atoms with E-state index in [4.69, 9.17) is 0 Å². The molecule has 2 atom stereocenters. The maximum Gasteiger partial charge on any atom is 0.0193 e. The SMILES string of the molecule is C=C(Cc1ccc(C(C)(C)C)s1)CN1CCC2CCCCC2C1. The van der Waals surface area contributed by atoms with Gasteiger partial charge in [0.2, 0.25) is 0 Å². The monoisotopic (exact) mass is 331 g/mol. The summed E-state index contributed by atoms with van der Waals surface area (Å²) in [6.07, 6.45) is 8.37. The molecule has 128 valence electrons. The molecule has 0 aromatic carbocycles. The zero-order valence-corrected chi connectivity index (χ0v) is 16.1. The summed E-state index contributed by atoms with van der Waals surface area (Å²) >= 11 is 1.97. The number of piperidine rings is 1. The van der Waals surface area contributed by atoms with Gasteiger partial charge in [-0.1, -0.05) is 52.2 Å². The first-order valence-corrected chi connectivity index (χ1v) is 10.2. The minimum atomic E-state index is 0.271. The fourth-order valence-electron chi connectivity index (χ4n) is 4.31. The summed E-state index contributed by atoms with van der Waals surface area (Å²) in [5.41, 5.74) is 1.66. The van der Waals surface area contributed by atoms with Gasteiger partial charge in [-0.05, 0) is 48.8 Å². The second-order valence-electron chi connectivity index (χ2n) is 8.77. The summed E-state index contributed by atoms with van der Waals surface area (Å²) < 4.78 is 0. The molecule has 0 radical (unpaired) electrons. The normalized spacial score (nSPS) is 26.0. The van der Waals surface area contributed by atoms with Gasteiger partial charge in [0.25, 0.3) is 0 Å². The van der Waals surface area contributed by atoms with Crippen LogP contribution in [0.15, 0.2) is 24.3 Å². The first-order valence-electron chi connectivity index (χ1n) is 9.40. The maximum atomic E-state index is 4.38. The van der Waals surface area contributed by atoms with E-state index in [9.17, 15) is 0 Å². The molecule has 2 fully saturated rings. The lowest BCUT2D eigenvalue weighted by Gasteiger charge is -2.41. The lowest BCUT2D eigenvalue weighted by atomic mass is 9.75. The molecule has 1 aromatic rings. The van der Waals surface area contributed by atoms with E-state index in [0.29, 0.717) is 0 Å². The lowest BCUT2D eigenvalue weighted by Crippen LogP contribution is -2.42. The standard InChI is InChI=1S/C21H33NS/c1-16(13-19-9-10-20(23-19)21(2,3)4)14-22-12-11-17-7-5-6-8-18(17)15-22/h9-10,17-18H,1,5-8,11-15H2,2-4H3. The van der Waals surface area contributed by atoms with E-state index < -0.39 is 0 Å². The molecule has 1 aliphatic heterocycles. The predicted molar refractivity (Wildman–Crippen MR) is 102 cm³/mol. The Morgan fingerprint density at radius 3 is 2.61 bits per heavy atom. The molecule has 1 saturated carbocycles. The average Bonchev–Trinajstić information content (AvgIpc) is 2.95. The third-order valence-electron chi connectivity index (χ3n) is 5.65. The molecule has 2 heteroatoms. The topological polar surface area (TPSA) is 3.24 Å². The highest BCUT2D eigenvalue weighted by atomic mass is 32.1. The molecule has 0 spiro atoms. The van der Waals surface area contributed by atoms with E-state index in [-0.39, 0.29) is 5.41 Å². The highest BCUT2D eigenvalue weighted by Crippen LogP contribution is 2.36. The van der Waals surface area contributed by atoms with Crippen LogP contribution in [0.2, 0.25) is 0 Å². The molecule has 0 N–H and O–H groups in total. The molecule has 1 nitrogen and oxygen atoms in total. The van der Waals surface area contributed by atoms with Crippen molar-refractivity contribution < 1.29 is 0 Å². The summed E-state index contributed by atoms with van der Waals surface area (Å²) in [7, 11) is 0. The molecule has 3 rings (SSSR count). The van der Waals surface area contributed by atoms with Crippen LogP contribution in [0.25, 0.3) is 0 Å². The number of likely N-dealkylation sites (tertiary alicyclic amines) is 1. The summed E-state index contributed by atoms with van der Waals surface area (Å²) in [6, 6.07) is 4.62. The highest BCUT2D eigenvalue weighted by Gasteiger charge is 2.31. The Bertz CT molecular complexity index is 536. The molecule has 1 aliphatic carbocycles. The van der Waals surface area contributed by atoms with Gasteiger partial charge >= 0.3 is 0 Å². The first kappa shape index (κ1) is 17.2. The van der Waals surface area contributed by atoms with Crippen LogP contribution in [0.4, 0.5) is 0 Å². The van der Waals surface area contributed by atoms with Crippen LogP contribution < -0.4 is 0 Å². The fourth-order valence-corrected chi connectivity index (χ4v) is 5.45. The molecule has 2 unspecified atom stereocenters. The molecule has 1 saturated heterocycles. The number of thiophene rings is 1. The average molecular weight is 332 g/mol. The summed E-state index contributed by atoms with van der Waals surface area (Å²) in [4.78, 5) is 5.64. The van der Waals surface area contributed by atoms with E-state index in [0.717, 1.165) is 24.8 Å². The van der Waals surface area contributed by atoms with Gasteiger partial charge in [0.05, 0.1) is 0 Å². The summed E-state index contributed by atoms with van der Waals surface area (Å²) in [5, 5.41) is 0. The molecular formula is C21H33NS. The van der Waals surface area contributed by atoms with Crippen molar-refractivity contribution in [1.29, 1.82) is 0 Å². The van der Waals surface area contributed by atoms with Gasteiger partial charge < -0.3 is 0 Å². The van der Waals surface area contributed by atoms with Crippen LogP contribution in [0, 0.1) is 11.8 Å². The molecule has 2 aliphatic rings. The lowest BCUT2D eigenvalue weighted by molar-refractivity contribution is 0.0932. The van der Waals surface area contributed by atoms with Gasteiger partial charge in [0, 0.05) is 29.3 Å². The van der Waals surface area contributed by atoms with Crippen LogP contribution in [-0.2, 0) is 11.8 Å². The van der Waals surface area contributed by atoms with Gasteiger partial charge in [0.15, 0.2) is 0 Å². The van der Waals surface area contributed by atoms with Crippen molar-refractivity contribution in [2.24, 2.45) is 11.8 Å². The second-order valence-corrected chi connectivity index (χ2v) is 9.94. The summed E-state index contributed by atoms with van der Waals surface area (Å²) in [6.45, 7) is 15.0. The molecule has 1 aromatic heterocycles. The zero-order valence-electron chi connectivity index (χ0n) is 15.2. The van der Waals surface area contributed by atoms with Gasteiger partial charge in [-0.15, -0.1) is 11.3 Å². The Morgan fingerprint density at radius 2 is 1.91 bits per heavy atom. The molecule has 23 heavy (non-hydrogen) atoms. The molecule has 0 amide bonds. The van der Waals surface area contributed by atoms with Crippen LogP contribution >= 0.6 is 11.3 Å². The zero-order chi connectivity index (χ0) is 16.4. The third kappa shape index (κ3) is 4.48. The van der Waals surface area contributed by atoms with E-state index in [1.165, 1.54) is 60.5 Å². The van der Waals surface area contributed by atoms with Gasteiger partial charge in [-0.3, -0.25) is 4.90 Å². The Morgan fingerprint density at radius 1 is 1.17 bits per heavy atom. The van der Waals surface area contributed by atoms with Crippen LogP contribution in [0.3, 0.4) is 0 Å². The largest absolute Gasteiger partial charge is 0.299 e. The molecule has 0 bridgehead atoms. The number of nitrogens with zero attached hydrogens (tertiary/aromatic N) is 1. The van der Waals surface area contributed by atoms with E-state index in [2.05, 4.69) is 44.4 Å². The van der Waals surface area contributed by atoms with Crippen molar-refractivity contribution in [2.75, 3.05) is 19.6 Å². The van der Waals surface area contributed by atoms with Gasteiger partial charge in [-0.2, -0.15) is 0 Å². The minimum absolute atomic E-state index is 0.271. The van der Waals surface area contributed by atoms with Gasteiger partial charge in [0.1, 0.15) is 0 Å². The second kappa shape index (κ2) is 7.11. The molecular weight excluding hydrogens is 298 g/mol. The first-order chi connectivity index (χ1) is 10.9. The Kier molecular flexibility index (Phi) is 5.32. The van der Waals surface area contributed by atoms with Crippen LogP contribution in [0.1, 0.15) is 62.6 Å². The van der Waals surface area contributed by atoms with Crippen LogP contribution in [0.5, 0.6) is 0 Å². The Labute approximate surface area is 146 Å². The summed E-state index contributed by atoms with van der Waals surface area (Å²) in [5.74, 6) is 2.00. The number of hydrogen-bond donors (Lipinski definition) is 0. The number of rotatable bonds is 4. The van der Waals surface area contributed by atoms with Gasteiger partial charge in [-0.25, -0.2) is 0 Å². The fraction of sp³-hybridized carbons (Fsp3) is 0.714. The Balaban J connectivity index is 1.50. The predicted octanol–water partition coefficient (Wildman–Crippen LogP) is 5.66. The van der Waals surface area contributed by atoms with E-state index in [1.807, 2.05) is 11.3 Å². The Hall–Kier alpha value is -0.600. The highest BCUT2D eigenvalue weighted by molar-refractivity contribution is 7.12. The van der Waals surface area contributed by atoms with Crippen molar-refractivity contribution in [3.05, 3.63) is 34.0 Å². The van der Waals surface area contributed by atoms with Crippen molar-refractivity contribution >= 4 is 11.3 Å². The number of hydrogen-bond acceptors (Lipinski definition) is 2. The molecule has 2 heterocycles. The maximum absolute atomic E-state index is 4.38. The quantitative estimate of drug-likeness (QED) is 0.644. The van der Waals surface area contributed by atoms with Crippen LogP contribution in [-0.4, -0.2) is 24.5 Å². The van der Waals surface area contributed by atoms with Crippen molar-refractivity contribution in [3.8, 4) is 0 Å². The van der Waals surface area contributed by atoms with E-state index in [1.54, 1.807) is 0 Å². The smallest absolute Gasteiger partial charge is 0.0193 e. The number of fused-ring (bicyclic) bond motifs is 1.